The highest BCUT2D eigenvalue weighted by molar-refractivity contribution is 5.76. The van der Waals surface area contributed by atoms with Gasteiger partial charge in [0.05, 0.1) is 13.0 Å². The SMILES string of the molecule is COc1cccc(C(Cc2cccc(C)c2)C(=O)O)c1. The molecule has 104 valence electrons. The van der Waals surface area contributed by atoms with E-state index in [9.17, 15) is 9.90 Å². The predicted molar refractivity (Wildman–Crippen MR) is 78.3 cm³/mol. The number of carboxylic acids is 1. The van der Waals surface area contributed by atoms with Gasteiger partial charge in [0.15, 0.2) is 0 Å². The van der Waals surface area contributed by atoms with Crippen LogP contribution in [0.5, 0.6) is 5.75 Å². The van der Waals surface area contributed by atoms with Gasteiger partial charge in [0.1, 0.15) is 5.75 Å². The molecule has 2 aromatic rings. The van der Waals surface area contributed by atoms with Crippen LogP contribution >= 0.6 is 0 Å². The summed E-state index contributed by atoms with van der Waals surface area (Å²) in [6.07, 6.45) is 0.476. The van der Waals surface area contributed by atoms with E-state index in [0.717, 1.165) is 16.7 Å². The highest BCUT2D eigenvalue weighted by atomic mass is 16.5. The number of carbonyl (C=O) groups is 1. The van der Waals surface area contributed by atoms with Gasteiger partial charge in [0, 0.05) is 0 Å². The number of aryl methyl sites for hydroxylation is 1. The third kappa shape index (κ3) is 3.38. The van der Waals surface area contributed by atoms with Crippen molar-refractivity contribution in [1.82, 2.24) is 0 Å². The normalized spacial score (nSPS) is 11.9. The Kier molecular flexibility index (Phi) is 4.41. The van der Waals surface area contributed by atoms with Crippen molar-refractivity contribution in [2.45, 2.75) is 19.3 Å². The zero-order valence-electron chi connectivity index (χ0n) is 11.7. The summed E-state index contributed by atoms with van der Waals surface area (Å²) >= 11 is 0. The Morgan fingerprint density at radius 2 is 1.95 bits per heavy atom. The van der Waals surface area contributed by atoms with Gasteiger partial charge in [-0.3, -0.25) is 4.79 Å². The van der Waals surface area contributed by atoms with Crippen molar-refractivity contribution in [2.75, 3.05) is 7.11 Å². The zero-order valence-corrected chi connectivity index (χ0v) is 11.7. The lowest BCUT2D eigenvalue weighted by molar-refractivity contribution is -0.138. The summed E-state index contributed by atoms with van der Waals surface area (Å²) < 4.78 is 5.16. The average molecular weight is 270 g/mol. The number of benzene rings is 2. The van der Waals surface area contributed by atoms with E-state index in [0.29, 0.717) is 12.2 Å². The Morgan fingerprint density at radius 1 is 1.20 bits per heavy atom. The van der Waals surface area contributed by atoms with Crippen molar-refractivity contribution in [3.8, 4) is 5.75 Å². The number of carboxylic acid groups (broad SMARTS) is 1. The molecule has 0 aliphatic carbocycles. The third-order valence-corrected chi connectivity index (χ3v) is 3.32. The molecule has 0 radical (unpaired) electrons. The Morgan fingerprint density at radius 3 is 2.60 bits per heavy atom. The monoisotopic (exact) mass is 270 g/mol. The van der Waals surface area contributed by atoms with Crippen molar-refractivity contribution < 1.29 is 14.6 Å². The van der Waals surface area contributed by atoms with Crippen LogP contribution in [0, 0.1) is 6.92 Å². The summed E-state index contributed by atoms with van der Waals surface area (Å²) in [6.45, 7) is 2.00. The minimum atomic E-state index is -0.820. The fourth-order valence-corrected chi connectivity index (χ4v) is 2.28. The number of ether oxygens (including phenoxy) is 1. The maximum absolute atomic E-state index is 11.5. The summed E-state index contributed by atoms with van der Waals surface area (Å²) in [6, 6.07) is 15.2. The largest absolute Gasteiger partial charge is 0.497 e. The van der Waals surface area contributed by atoms with Gasteiger partial charge in [0.2, 0.25) is 0 Å². The molecule has 0 aliphatic rings. The Balaban J connectivity index is 2.29. The van der Waals surface area contributed by atoms with Gasteiger partial charge in [-0.15, -0.1) is 0 Å². The van der Waals surface area contributed by atoms with E-state index in [-0.39, 0.29) is 0 Å². The van der Waals surface area contributed by atoms with Gasteiger partial charge in [-0.25, -0.2) is 0 Å². The first-order valence-corrected chi connectivity index (χ1v) is 6.52. The van der Waals surface area contributed by atoms with Gasteiger partial charge < -0.3 is 9.84 Å². The highest BCUT2D eigenvalue weighted by Gasteiger charge is 2.20. The lowest BCUT2D eigenvalue weighted by atomic mass is 9.91. The lowest BCUT2D eigenvalue weighted by Gasteiger charge is -2.14. The molecule has 1 N–H and O–H groups in total. The molecule has 0 amide bonds. The number of rotatable bonds is 5. The second kappa shape index (κ2) is 6.24. The summed E-state index contributed by atoms with van der Waals surface area (Å²) in [5, 5.41) is 9.48. The average Bonchev–Trinajstić information content (AvgIpc) is 2.44. The van der Waals surface area contributed by atoms with Gasteiger partial charge in [-0.2, -0.15) is 0 Å². The second-order valence-corrected chi connectivity index (χ2v) is 4.86. The molecule has 0 spiro atoms. The number of methoxy groups -OCH3 is 1. The quantitative estimate of drug-likeness (QED) is 0.905. The molecule has 2 aromatic carbocycles. The molecule has 0 heterocycles. The Hall–Kier alpha value is -2.29. The van der Waals surface area contributed by atoms with Crippen molar-refractivity contribution >= 4 is 5.97 Å². The maximum Gasteiger partial charge on any atom is 0.311 e. The van der Waals surface area contributed by atoms with Crippen LogP contribution in [0.3, 0.4) is 0 Å². The van der Waals surface area contributed by atoms with Crippen LogP contribution in [0.2, 0.25) is 0 Å². The molecule has 0 saturated carbocycles. The maximum atomic E-state index is 11.5. The molecule has 20 heavy (non-hydrogen) atoms. The molecule has 3 nitrogen and oxygen atoms in total. The van der Waals surface area contributed by atoms with E-state index in [1.54, 1.807) is 13.2 Å². The molecule has 0 saturated heterocycles. The molecule has 0 aliphatic heterocycles. The fourth-order valence-electron chi connectivity index (χ4n) is 2.28. The van der Waals surface area contributed by atoms with E-state index < -0.39 is 11.9 Å². The predicted octanol–water partition coefficient (Wildman–Crippen LogP) is 3.41. The van der Waals surface area contributed by atoms with Crippen LogP contribution in [0.4, 0.5) is 0 Å². The van der Waals surface area contributed by atoms with Crippen LogP contribution in [0.1, 0.15) is 22.6 Å². The van der Waals surface area contributed by atoms with Gasteiger partial charge in [-0.05, 0) is 36.6 Å². The summed E-state index contributed by atoms with van der Waals surface area (Å²) in [4.78, 5) is 11.5. The lowest BCUT2D eigenvalue weighted by Crippen LogP contribution is -2.14. The van der Waals surface area contributed by atoms with Crippen molar-refractivity contribution in [3.63, 3.8) is 0 Å². The van der Waals surface area contributed by atoms with E-state index >= 15 is 0 Å². The molecule has 0 fully saturated rings. The van der Waals surface area contributed by atoms with Crippen LogP contribution < -0.4 is 4.74 Å². The Bertz CT molecular complexity index is 605. The topological polar surface area (TPSA) is 46.5 Å². The molecule has 3 heteroatoms. The molecule has 1 unspecified atom stereocenters. The van der Waals surface area contributed by atoms with Gasteiger partial charge >= 0.3 is 5.97 Å². The summed E-state index contributed by atoms with van der Waals surface area (Å²) in [7, 11) is 1.58. The first kappa shape index (κ1) is 14.1. The van der Waals surface area contributed by atoms with Gasteiger partial charge in [0.25, 0.3) is 0 Å². The molecule has 0 bridgehead atoms. The van der Waals surface area contributed by atoms with Crippen LogP contribution in [-0.2, 0) is 11.2 Å². The third-order valence-electron chi connectivity index (χ3n) is 3.32. The molecule has 2 rings (SSSR count). The van der Waals surface area contributed by atoms with Crippen molar-refractivity contribution in [1.29, 1.82) is 0 Å². The van der Waals surface area contributed by atoms with Crippen LogP contribution in [0.25, 0.3) is 0 Å². The minimum Gasteiger partial charge on any atom is -0.497 e. The summed E-state index contributed by atoms with van der Waals surface area (Å²) in [5.41, 5.74) is 2.93. The van der Waals surface area contributed by atoms with Crippen LogP contribution in [0.15, 0.2) is 48.5 Å². The van der Waals surface area contributed by atoms with Crippen molar-refractivity contribution in [3.05, 3.63) is 65.2 Å². The fraction of sp³-hybridized carbons (Fsp3) is 0.235. The van der Waals surface area contributed by atoms with E-state index in [4.69, 9.17) is 4.74 Å². The van der Waals surface area contributed by atoms with Crippen LogP contribution in [-0.4, -0.2) is 18.2 Å². The highest BCUT2D eigenvalue weighted by Crippen LogP contribution is 2.25. The number of hydrogen-bond donors (Lipinski definition) is 1. The van der Waals surface area contributed by atoms with Crippen molar-refractivity contribution in [2.24, 2.45) is 0 Å². The molecule has 1 atom stereocenters. The number of hydrogen-bond acceptors (Lipinski definition) is 2. The Labute approximate surface area is 118 Å². The second-order valence-electron chi connectivity index (χ2n) is 4.86. The van der Waals surface area contributed by atoms with Gasteiger partial charge in [-0.1, -0.05) is 42.0 Å². The summed E-state index contributed by atoms with van der Waals surface area (Å²) in [5.74, 6) is -0.704. The first-order valence-electron chi connectivity index (χ1n) is 6.52. The van der Waals surface area contributed by atoms with E-state index in [2.05, 4.69) is 0 Å². The standard InChI is InChI=1S/C17H18O3/c1-12-5-3-6-13(9-12)10-16(17(18)19)14-7-4-8-15(11-14)20-2/h3-9,11,16H,10H2,1-2H3,(H,18,19). The smallest absolute Gasteiger partial charge is 0.311 e. The molecular formula is C17H18O3. The van der Waals surface area contributed by atoms with E-state index in [1.165, 1.54) is 0 Å². The molecular weight excluding hydrogens is 252 g/mol. The number of aliphatic carboxylic acids is 1. The first-order chi connectivity index (χ1) is 9.60. The molecule has 0 aromatic heterocycles. The minimum absolute atomic E-state index is 0.476. The van der Waals surface area contributed by atoms with E-state index in [1.807, 2.05) is 49.4 Å². The zero-order chi connectivity index (χ0) is 14.5.